The molecule has 1 saturated carbocycles. The van der Waals surface area contributed by atoms with Gasteiger partial charge in [0.05, 0.1) is 12.2 Å². The fourth-order valence-electron chi connectivity index (χ4n) is 2.49. The molecule has 2 rings (SSSR count). The Hall–Kier alpha value is -1.89. The number of carbonyl (C=O) groups excluding carboxylic acids is 1. The summed E-state index contributed by atoms with van der Waals surface area (Å²) in [6, 6.07) is 0.0396. The van der Waals surface area contributed by atoms with Crippen LogP contribution in [0.5, 0.6) is 0 Å². The summed E-state index contributed by atoms with van der Waals surface area (Å²) in [5.74, 6) is -1.22. The van der Waals surface area contributed by atoms with Crippen LogP contribution < -0.4 is 11.1 Å². The first-order valence-corrected chi connectivity index (χ1v) is 6.85. The molecule has 0 spiro atoms. The average molecular weight is 280 g/mol. The number of imidazole rings is 1. The molecule has 1 aromatic rings. The normalized spacial score (nSPS) is 22.4. The van der Waals surface area contributed by atoms with Gasteiger partial charge in [-0.2, -0.15) is 0 Å². The minimum absolute atomic E-state index is 0.0396. The predicted octanol–water partition coefficient (Wildman–Crippen LogP) is 0.215. The van der Waals surface area contributed by atoms with Crippen molar-refractivity contribution in [3.8, 4) is 0 Å². The van der Waals surface area contributed by atoms with Gasteiger partial charge in [-0.15, -0.1) is 0 Å². The minimum atomic E-state index is -0.740. The molecule has 20 heavy (non-hydrogen) atoms. The Labute approximate surface area is 117 Å². The molecule has 1 aliphatic carbocycles. The molecule has 1 fully saturated rings. The van der Waals surface area contributed by atoms with Gasteiger partial charge in [-0.3, -0.25) is 9.59 Å². The first kappa shape index (κ1) is 14.5. The number of carboxylic acids is 1. The van der Waals surface area contributed by atoms with Crippen molar-refractivity contribution in [3.63, 3.8) is 0 Å². The molecule has 1 amide bonds. The summed E-state index contributed by atoms with van der Waals surface area (Å²) in [7, 11) is 0. The standard InChI is InChI=1S/C13H20N4O3/c14-5-6-17-7-11(15-8-17)12(18)16-10-3-1-9(2-4-10)13(19)20/h7-10H,1-6,14H2,(H,16,18)(H,19,20). The van der Waals surface area contributed by atoms with Crippen molar-refractivity contribution in [2.75, 3.05) is 6.54 Å². The second-order valence-corrected chi connectivity index (χ2v) is 5.15. The zero-order valence-corrected chi connectivity index (χ0v) is 11.3. The van der Waals surface area contributed by atoms with Crippen molar-refractivity contribution in [1.29, 1.82) is 0 Å². The van der Waals surface area contributed by atoms with E-state index in [1.165, 1.54) is 0 Å². The number of aromatic nitrogens is 2. The van der Waals surface area contributed by atoms with Crippen molar-refractivity contribution in [2.24, 2.45) is 11.7 Å². The molecule has 7 nitrogen and oxygen atoms in total. The lowest BCUT2D eigenvalue weighted by molar-refractivity contribution is -0.142. The molecule has 1 heterocycles. The van der Waals surface area contributed by atoms with E-state index in [-0.39, 0.29) is 17.9 Å². The lowest BCUT2D eigenvalue weighted by Gasteiger charge is -2.26. The highest BCUT2D eigenvalue weighted by Crippen LogP contribution is 2.24. The molecule has 0 unspecified atom stereocenters. The van der Waals surface area contributed by atoms with Gasteiger partial charge in [0, 0.05) is 25.3 Å². The second-order valence-electron chi connectivity index (χ2n) is 5.15. The van der Waals surface area contributed by atoms with Crippen LogP contribution in [0.2, 0.25) is 0 Å². The molecule has 0 atom stereocenters. The third-order valence-corrected chi connectivity index (χ3v) is 3.66. The van der Waals surface area contributed by atoms with Crippen molar-refractivity contribution in [2.45, 2.75) is 38.3 Å². The Balaban J connectivity index is 1.84. The van der Waals surface area contributed by atoms with Gasteiger partial charge >= 0.3 is 5.97 Å². The fraction of sp³-hybridized carbons (Fsp3) is 0.615. The first-order valence-electron chi connectivity index (χ1n) is 6.85. The molecule has 0 bridgehead atoms. The van der Waals surface area contributed by atoms with Gasteiger partial charge in [-0.25, -0.2) is 4.98 Å². The van der Waals surface area contributed by atoms with Crippen LogP contribution in [0.3, 0.4) is 0 Å². The number of nitrogens with one attached hydrogen (secondary N) is 1. The van der Waals surface area contributed by atoms with Crippen LogP contribution >= 0.6 is 0 Å². The van der Waals surface area contributed by atoms with Crippen molar-refractivity contribution in [1.82, 2.24) is 14.9 Å². The lowest BCUT2D eigenvalue weighted by atomic mass is 9.86. The Kier molecular flexibility index (Phi) is 4.73. The summed E-state index contributed by atoms with van der Waals surface area (Å²) in [4.78, 5) is 26.9. The summed E-state index contributed by atoms with van der Waals surface area (Å²) in [6.45, 7) is 1.13. The molecule has 0 radical (unpaired) electrons. The Bertz CT molecular complexity index is 478. The van der Waals surface area contributed by atoms with Gasteiger partial charge in [-0.05, 0) is 25.7 Å². The highest BCUT2D eigenvalue weighted by Gasteiger charge is 2.27. The van der Waals surface area contributed by atoms with Crippen LogP contribution in [0.15, 0.2) is 12.5 Å². The number of aliphatic carboxylic acids is 1. The number of rotatable bonds is 5. The SMILES string of the molecule is NCCn1cnc(C(=O)NC2CCC(C(=O)O)CC2)c1. The van der Waals surface area contributed by atoms with E-state index in [0.717, 1.165) is 0 Å². The molecule has 0 aromatic carbocycles. The number of amides is 1. The number of nitrogens with two attached hydrogens (primary N) is 1. The molecule has 0 saturated heterocycles. The zero-order chi connectivity index (χ0) is 14.5. The second kappa shape index (κ2) is 6.51. The van der Waals surface area contributed by atoms with E-state index in [2.05, 4.69) is 10.3 Å². The largest absolute Gasteiger partial charge is 0.481 e. The van der Waals surface area contributed by atoms with Crippen molar-refractivity contribution >= 4 is 11.9 Å². The Morgan fingerprint density at radius 2 is 2.10 bits per heavy atom. The molecule has 0 aliphatic heterocycles. The number of carboxylic acid groups (broad SMARTS) is 1. The van der Waals surface area contributed by atoms with E-state index < -0.39 is 5.97 Å². The lowest BCUT2D eigenvalue weighted by Crippen LogP contribution is -2.38. The van der Waals surface area contributed by atoms with Crippen molar-refractivity contribution < 1.29 is 14.7 Å². The van der Waals surface area contributed by atoms with Crippen LogP contribution in [0.4, 0.5) is 0 Å². The Morgan fingerprint density at radius 3 is 2.70 bits per heavy atom. The van der Waals surface area contributed by atoms with E-state index in [4.69, 9.17) is 10.8 Å². The molecular formula is C13H20N4O3. The number of hydrogen-bond acceptors (Lipinski definition) is 4. The van der Waals surface area contributed by atoms with Crippen LogP contribution in [0, 0.1) is 5.92 Å². The maximum atomic E-state index is 12.0. The van der Waals surface area contributed by atoms with E-state index in [1.807, 2.05) is 0 Å². The van der Waals surface area contributed by atoms with E-state index in [0.29, 0.717) is 44.5 Å². The first-order chi connectivity index (χ1) is 9.60. The van der Waals surface area contributed by atoms with Crippen LogP contribution in [0.1, 0.15) is 36.2 Å². The molecular weight excluding hydrogens is 260 g/mol. The average Bonchev–Trinajstić information content (AvgIpc) is 2.88. The van der Waals surface area contributed by atoms with Crippen LogP contribution in [-0.4, -0.2) is 39.1 Å². The van der Waals surface area contributed by atoms with Gasteiger partial charge in [0.2, 0.25) is 0 Å². The monoisotopic (exact) mass is 280 g/mol. The van der Waals surface area contributed by atoms with Gasteiger partial charge < -0.3 is 20.7 Å². The molecule has 4 N–H and O–H groups in total. The highest BCUT2D eigenvalue weighted by atomic mass is 16.4. The van der Waals surface area contributed by atoms with Crippen LogP contribution in [0.25, 0.3) is 0 Å². The third kappa shape index (κ3) is 3.57. The minimum Gasteiger partial charge on any atom is -0.481 e. The summed E-state index contributed by atoms with van der Waals surface area (Å²) in [6.07, 6.45) is 5.89. The maximum Gasteiger partial charge on any atom is 0.306 e. The topological polar surface area (TPSA) is 110 Å². The smallest absolute Gasteiger partial charge is 0.306 e. The van der Waals surface area contributed by atoms with Crippen molar-refractivity contribution in [3.05, 3.63) is 18.2 Å². The third-order valence-electron chi connectivity index (χ3n) is 3.66. The number of hydrogen-bond donors (Lipinski definition) is 3. The molecule has 7 heteroatoms. The summed E-state index contributed by atoms with van der Waals surface area (Å²) in [5.41, 5.74) is 5.81. The highest BCUT2D eigenvalue weighted by molar-refractivity contribution is 5.92. The van der Waals surface area contributed by atoms with Gasteiger partial charge in [0.1, 0.15) is 5.69 Å². The van der Waals surface area contributed by atoms with Crippen LogP contribution in [-0.2, 0) is 11.3 Å². The van der Waals surface area contributed by atoms with E-state index >= 15 is 0 Å². The maximum absolute atomic E-state index is 12.0. The summed E-state index contributed by atoms with van der Waals surface area (Å²) >= 11 is 0. The number of carbonyl (C=O) groups is 2. The van der Waals surface area contributed by atoms with Gasteiger partial charge in [-0.1, -0.05) is 0 Å². The molecule has 110 valence electrons. The van der Waals surface area contributed by atoms with E-state index in [9.17, 15) is 9.59 Å². The molecule has 1 aliphatic rings. The van der Waals surface area contributed by atoms with Gasteiger partial charge in [0.25, 0.3) is 5.91 Å². The summed E-state index contributed by atoms with van der Waals surface area (Å²) < 4.78 is 1.77. The zero-order valence-electron chi connectivity index (χ0n) is 11.3. The predicted molar refractivity (Wildman–Crippen MR) is 72.1 cm³/mol. The quantitative estimate of drug-likeness (QED) is 0.714. The number of nitrogens with zero attached hydrogens (tertiary/aromatic N) is 2. The van der Waals surface area contributed by atoms with E-state index in [1.54, 1.807) is 17.1 Å². The fourth-order valence-corrected chi connectivity index (χ4v) is 2.49. The summed E-state index contributed by atoms with van der Waals surface area (Å²) in [5, 5.41) is 11.8. The van der Waals surface area contributed by atoms with Gasteiger partial charge in [0.15, 0.2) is 0 Å². The Morgan fingerprint density at radius 1 is 1.40 bits per heavy atom. The molecule has 1 aromatic heterocycles.